The summed E-state index contributed by atoms with van der Waals surface area (Å²) in [7, 11) is -2.18. The zero-order chi connectivity index (χ0) is 23.0. The van der Waals surface area contributed by atoms with E-state index in [4.69, 9.17) is 10.5 Å². The number of hydrogen-bond acceptors (Lipinski definition) is 7. The van der Waals surface area contributed by atoms with Crippen LogP contribution in [-0.4, -0.2) is 58.2 Å². The van der Waals surface area contributed by atoms with Crippen molar-refractivity contribution in [3.8, 4) is 0 Å². The van der Waals surface area contributed by atoms with Crippen molar-refractivity contribution in [1.82, 2.24) is 10.6 Å². The molecule has 0 saturated heterocycles. The summed E-state index contributed by atoms with van der Waals surface area (Å²) in [6.45, 7) is 0.349. The van der Waals surface area contributed by atoms with Gasteiger partial charge in [-0.05, 0) is 50.4 Å². The van der Waals surface area contributed by atoms with Crippen LogP contribution < -0.4 is 21.1 Å². The zero-order valence-electron chi connectivity index (χ0n) is 17.7. The molecule has 2 rings (SSSR count). The fourth-order valence-corrected chi connectivity index (χ4v) is 4.18. The van der Waals surface area contributed by atoms with Crippen molar-refractivity contribution in [1.29, 1.82) is 0 Å². The fourth-order valence-electron chi connectivity index (χ4n) is 3.62. The Morgan fingerprint density at radius 1 is 1.26 bits per heavy atom. The lowest BCUT2D eigenvalue weighted by atomic mass is 10.0. The summed E-state index contributed by atoms with van der Waals surface area (Å²) in [5.74, 6) is -1.68. The molecule has 0 heterocycles. The van der Waals surface area contributed by atoms with E-state index in [-0.39, 0.29) is 23.3 Å². The van der Waals surface area contributed by atoms with Crippen molar-refractivity contribution < 1.29 is 27.5 Å². The number of benzene rings is 1. The summed E-state index contributed by atoms with van der Waals surface area (Å²) in [6, 6.07) is 4.77. The second-order valence-electron chi connectivity index (χ2n) is 7.59. The van der Waals surface area contributed by atoms with E-state index >= 15 is 0 Å². The Morgan fingerprint density at radius 3 is 2.65 bits per heavy atom. The first-order valence-corrected chi connectivity index (χ1v) is 12.0. The van der Waals surface area contributed by atoms with Crippen LogP contribution in [0, 0.1) is 5.92 Å². The largest absolute Gasteiger partial charge is 0.469 e. The van der Waals surface area contributed by atoms with Crippen LogP contribution >= 0.6 is 0 Å². The van der Waals surface area contributed by atoms with Crippen LogP contribution in [0.5, 0.6) is 0 Å². The Labute approximate surface area is 182 Å². The quantitative estimate of drug-likeness (QED) is 0.372. The molecular formula is C20H30N4O6S. The molecule has 5 N–H and O–H groups in total. The minimum atomic E-state index is -3.49. The number of carbonyl (C=O) groups excluding carboxylic acids is 3. The van der Waals surface area contributed by atoms with Crippen molar-refractivity contribution >= 4 is 33.5 Å². The minimum absolute atomic E-state index is 0.201. The van der Waals surface area contributed by atoms with Gasteiger partial charge in [0, 0.05) is 17.3 Å². The van der Waals surface area contributed by atoms with E-state index < -0.39 is 33.8 Å². The lowest BCUT2D eigenvalue weighted by Crippen LogP contribution is -2.51. The first-order valence-electron chi connectivity index (χ1n) is 10.1. The molecule has 0 aromatic heterocycles. The molecule has 0 spiro atoms. The van der Waals surface area contributed by atoms with Gasteiger partial charge in [0.05, 0.1) is 19.3 Å². The summed E-state index contributed by atoms with van der Waals surface area (Å²) in [4.78, 5) is 37.5. The predicted molar refractivity (Wildman–Crippen MR) is 116 cm³/mol. The Kier molecular flexibility index (Phi) is 8.81. The molecule has 1 fully saturated rings. The van der Waals surface area contributed by atoms with Gasteiger partial charge >= 0.3 is 5.97 Å². The number of carbonyl (C=O) groups is 3. The van der Waals surface area contributed by atoms with E-state index in [9.17, 15) is 22.8 Å². The minimum Gasteiger partial charge on any atom is -0.469 e. The number of amides is 2. The molecule has 1 aliphatic carbocycles. The molecule has 1 aromatic rings. The average molecular weight is 455 g/mol. The molecule has 11 heteroatoms. The van der Waals surface area contributed by atoms with E-state index in [1.165, 1.54) is 31.4 Å². The number of anilines is 1. The number of nitrogens with two attached hydrogens (primary N) is 1. The molecule has 1 aromatic carbocycles. The highest BCUT2D eigenvalue weighted by atomic mass is 32.2. The first kappa shape index (κ1) is 24.6. The predicted octanol–water partition coefficient (Wildman–Crippen LogP) is 0.353. The third-order valence-electron chi connectivity index (χ3n) is 5.09. The van der Waals surface area contributed by atoms with Crippen LogP contribution in [0.1, 0.15) is 42.5 Å². The number of rotatable bonds is 10. The Bertz CT molecular complexity index is 905. The number of nitrogens with one attached hydrogen (secondary N) is 3. The molecule has 0 aliphatic heterocycles. The molecule has 172 valence electrons. The number of ether oxygens (including phenoxy) is 1. The Hall–Kier alpha value is -2.66. The highest BCUT2D eigenvalue weighted by Gasteiger charge is 2.36. The number of sulfonamides is 1. The second kappa shape index (κ2) is 11.1. The van der Waals surface area contributed by atoms with Crippen molar-refractivity contribution in [2.75, 3.05) is 24.6 Å². The second-order valence-corrected chi connectivity index (χ2v) is 9.34. The molecule has 0 unspecified atom stereocenters. The van der Waals surface area contributed by atoms with Crippen LogP contribution in [-0.2, 0) is 24.3 Å². The van der Waals surface area contributed by atoms with Gasteiger partial charge < -0.3 is 21.1 Å². The van der Waals surface area contributed by atoms with Crippen molar-refractivity contribution in [2.45, 2.75) is 44.2 Å². The van der Waals surface area contributed by atoms with E-state index in [0.717, 1.165) is 12.7 Å². The first-order chi connectivity index (χ1) is 14.6. The fraction of sp³-hybridized carbons (Fsp3) is 0.550. The molecule has 1 aliphatic rings. The van der Waals surface area contributed by atoms with Gasteiger partial charge in [0.1, 0.15) is 6.04 Å². The molecule has 0 bridgehead atoms. The monoisotopic (exact) mass is 454 g/mol. The maximum absolute atomic E-state index is 12.9. The Balaban J connectivity index is 2.10. The van der Waals surface area contributed by atoms with Gasteiger partial charge in [-0.2, -0.15) is 0 Å². The third-order valence-corrected chi connectivity index (χ3v) is 5.70. The standard InChI is InChI=1S/C20H30N4O6S/c1-30-20(27)15-8-4-9-16(15)22-19(26)17(10-5-11-21)23-18(25)13-6-3-7-14(12-13)24-31(2,28)29/h3,6-7,12,15-17,24H,4-5,8-11,21H2,1-2H3,(H,22,26)(H,23,25)/t15-,16+,17+/m1/s1. The lowest BCUT2D eigenvalue weighted by Gasteiger charge is -2.24. The lowest BCUT2D eigenvalue weighted by molar-refractivity contribution is -0.146. The average Bonchev–Trinajstić information content (AvgIpc) is 3.17. The van der Waals surface area contributed by atoms with Crippen molar-refractivity contribution in [3.05, 3.63) is 29.8 Å². The van der Waals surface area contributed by atoms with Crippen LogP contribution in [0.25, 0.3) is 0 Å². The maximum Gasteiger partial charge on any atom is 0.310 e. The van der Waals surface area contributed by atoms with Gasteiger partial charge in [0.2, 0.25) is 15.9 Å². The molecule has 2 amide bonds. The van der Waals surface area contributed by atoms with E-state index in [0.29, 0.717) is 32.2 Å². The van der Waals surface area contributed by atoms with Gasteiger partial charge in [0.25, 0.3) is 5.91 Å². The zero-order valence-corrected chi connectivity index (χ0v) is 18.5. The smallest absolute Gasteiger partial charge is 0.310 e. The van der Waals surface area contributed by atoms with Gasteiger partial charge in [0.15, 0.2) is 0 Å². The maximum atomic E-state index is 12.9. The van der Waals surface area contributed by atoms with Crippen molar-refractivity contribution in [3.63, 3.8) is 0 Å². The van der Waals surface area contributed by atoms with Crippen LogP contribution in [0.15, 0.2) is 24.3 Å². The van der Waals surface area contributed by atoms with Gasteiger partial charge in [-0.15, -0.1) is 0 Å². The number of hydrogen-bond donors (Lipinski definition) is 4. The molecule has 3 atom stereocenters. The number of esters is 1. The van der Waals surface area contributed by atoms with Gasteiger partial charge in [-0.3, -0.25) is 19.1 Å². The topological polar surface area (TPSA) is 157 Å². The normalized spacial score (nSPS) is 19.3. The molecular weight excluding hydrogens is 424 g/mol. The summed E-state index contributed by atoms with van der Waals surface area (Å²) >= 11 is 0. The van der Waals surface area contributed by atoms with E-state index in [2.05, 4.69) is 15.4 Å². The summed E-state index contributed by atoms with van der Waals surface area (Å²) in [6.07, 6.45) is 3.94. The van der Waals surface area contributed by atoms with E-state index in [1.54, 1.807) is 0 Å². The molecule has 10 nitrogen and oxygen atoms in total. The van der Waals surface area contributed by atoms with Crippen LogP contribution in [0.2, 0.25) is 0 Å². The molecule has 1 saturated carbocycles. The van der Waals surface area contributed by atoms with E-state index in [1.807, 2.05) is 0 Å². The van der Waals surface area contributed by atoms with Gasteiger partial charge in [-0.1, -0.05) is 12.5 Å². The summed E-state index contributed by atoms with van der Waals surface area (Å²) < 4.78 is 30.0. The highest BCUT2D eigenvalue weighted by molar-refractivity contribution is 7.92. The summed E-state index contributed by atoms with van der Waals surface area (Å²) in [5.41, 5.74) is 6.01. The third kappa shape index (κ3) is 7.51. The summed E-state index contributed by atoms with van der Waals surface area (Å²) in [5, 5.41) is 5.56. The van der Waals surface area contributed by atoms with Crippen LogP contribution in [0.3, 0.4) is 0 Å². The number of methoxy groups -OCH3 is 1. The van der Waals surface area contributed by atoms with Crippen molar-refractivity contribution in [2.24, 2.45) is 11.7 Å². The van der Waals surface area contributed by atoms with Crippen LogP contribution in [0.4, 0.5) is 5.69 Å². The Morgan fingerprint density at radius 2 is 2.00 bits per heavy atom. The molecule has 0 radical (unpaired) electrons. The highest BCUT2D eigenvalue weighted by Crippen LogP contribution is 2.27. The molecule has 31 heavy (non-hydrogen) atoms. The van der Waals surface area contributed by atoms with Gasteiger partial charge in [-0.25, -0.2) is 8.42 Å². The SMILES string of the molecule is COC(=O)[C@@H]1CCC[C@@H]1NC(=O)[C@H](CCCN)NC(=O)c1cccc(NS(C)(=O)=O)c1.